The summed E-state index contributed by atoms with van der Waals surface area (Å²) >= 11 is 1.50. The first-order chi connectivity index (χ1) is 15.0. The van der Waals surface area contributed by atoms with E-state index in [0.29, 0.717) is 40.2 Å². The highest BCUT2D eigenvalue weighted by molar-refractivity contribution is 7.99. The van der Waals surface area contributed by atoms with Gasteiger partial charge in [-0.25, -0.2) is 9.37 Å². The summed E-state index contributed by atoms with van der Waals surface area (Å²) in [6, 6.07) is 11.7. The highest BCUT2D eigenvalue weighted by atomic mass is 32.2. The largest absolute Gasteiger partial charge is 0.497 e. The average molecular weight is 438 g/mol. The Balaban J connectivity index is 1.50. The Morgan fingerprint density at radius 3 is 2.84 bits per heavy atom. The zero-order valence-electron chi connectivity index (χ0n) is 16.7. The lowest BCUT2D eigenvalue weighted by atomic mass is 10.2. The fraction of sp³-hybridized carbons (Fsp3) is 0.227. The summed E-state index contributed by atoms with van der Waals surface area (Å²) in [5, 5.41) is 4.04. The van der Waals surface area contributed by atoms with Gasteiger partial charge in [0.1, 0.15) is 29.1 Å². The van der Waals surface area contributed by atoms with Crippen LogP contribution in [0, 0.1) is 5.82 Å². The molecule has 9 heteroatoms. The van der Waals surface area contributed by atoms with Crippen LogP contribution in [0.3, 0.4) is 0 Å². The smallest absolute Gasteiger partial charge is 0.278 e. The van der Waals surface area contributed by atoms with Crippen LogP contribution in [0.25, 0.3) is 21.9 Å². The van der Waals surface area contributed by atoms with E-state index in [1.54, 1.807) is 22.3 Å². The van der Waals surface area contributed by atoms with E-state index in [-0.39, 0.29) is 18.0 Å². The Morgan fingerprint density at radius 1 is 1.26 bits per heavy atom. The van der Waals surface area contributed by atoms with Crippen LogP contribution in [0.15, 0.2) is 52.4 Å². The van der Waals surface area contributed by atoms with Crippen LogP contribution >= 0.6 is 11.8 Å². The number of ether oxygens (including phenoxy) is 1. The van der Waals surface area contributed by atoms with Gasteiger partial charge in [-0.15, -0.1) is 0 Å². The molecule has 31 heavy (non-hydrogen) atoms. The maximum absolute atomic E-state index is 14.0. The normalized spacial score (nSPS) is 13.0. The summed E-state index contributed by atoms with van der Waals surface area (Å²) < 4.78 is 22.4. The van der Waals surface area contributed by atoms with Crippen LogP contribution in [-0.4, -0.2) is 32.9 Å². The minimum absolute atomic E-state index is 0.0643. The van der Waals surface area contributed by atoms with Gasteiger partial charge in [-0.3, -0.25) is 14.2 Å². The molecule has 0 atom stereocenters. The molecule has 0 fully saturated rings. The average Bonchev–Trinajstić information content (AvgIpc) is 3.36. The first-order valence-corrected chi connectivity index (χ1v) is 10.8. The number of methoxy groups -OCH3 is 1. The molecule has 3 heterocycles. The molecule has 1 aliphatic heterocycles. The van der Waals surface area contributed by atoms with Crippen LogP contribution in [0.4, 0.5) is 4.39 Å². The number of fused-ring (bicyclic) bond motifs is 4. The second-order valence-electron chi connectivity index (χ2n) is 7.27. The van der Waals surface area contributed by atoms with Crippen molar-refractivity contribution in [2.75, 3.05) is 12.9 Å². The molecular weight excluding hydrogens is 419 g/mol. The predicted molar refractivity (Wildman–Crippen MR) is 117 cm³/mol. The summed E-state index contributed by atoms with van der Waals surface area (Å²) in [5.74, 6) is 0.846. The van der Waals surface area contributed by atoms with Gasteiger partial charge in [-0.05, 0) is 35.9 Å². The standard InChI is InChI=1S/C22H19FN4O3S/c1-30-15-5-2-13(3-6-15)11-24-18(28)12-27-17-7-4-14(23)10-16(17)19-20(27)21(29)26-8-9-31-22(26)25-19/h2-7,10H,8-9,11-12H2,1H3,(H,24,28). The number of nitrogens with zero attached hydrogens (tertiary/aromatic N) is 3. The molecule has 1 aliphatic rings. The van der Waals surface area contributed by atoms with E-state index >= 15 is 0 Å². The van der Waals surface area contributed by atoms with Gasteiger partial charge in [0.15, 0.2) is 5.16 Å². The van der Waals surface area contributed by atoms with Gasteiger partial charge in [0.25, 0.3) is 5.56 Å². The van der Waals surface area contributed by atoms with E-state index in [1.807, 2.05) is 24.3 Å². The van der Waals surface area contributed by atoms with Crippen molar-refractivity contribution in [1.29, 1.82) is 0 Å². The van der Waals surface area contributed by atoms with Gasteiger partial charge >= 0.3 is 0 Å². The molecule has 0 saturated carbocycles. The fourth-order valence-electron chi connectivity index (χ4n) is 3.85. The maximum atomic E-state index is 14.0. The van der Waals surface area contributed by atoms with E-state index in [9.17, 15) is 14.0 Å². The van der Waals surface area contributed by atoms with Gasteiger partial charge in [0, 0.05) is 24.2 Å². The number of thioether (sulfide) groups is 1. The zero-order chi connectivity index (χ0) is 21.5. The summed E-state index contributed by atoms with van der Waals surface area (Å²) in [4.78, 5) is 30.5. The molecule has 5 rings (SSSR count). The van der Waals surface area contributed by atoms with Gasteiger partial charge < -0.3 is 14.6 Å². The van der Waals surface area contributed by atoms with Crippen molar-refractivity contribution < 1.29 is 13.9 Å². The maximum Gasteiger partial charge on any atom is 0.278 e. The molecule has 158 valence electrons. The number of amides is 1. The quantitative estimate of drug-likeness (QED) is 0.485. The van der Waals surface area contributed by atoms with Gasteiger partial charge in [0.05, 0.1) is 12.6 Å². The van der Waals surface area contributed by atoms with Crippen molar-refractivity contribution in [3.05, 3.63) is 64.2 Å². The molecule has 1 amide bonds. The minimum Gasteiger partial charge on any atom is -0.497 e. The van der Waals surface area contributed by atoms with Gasteiger partial charge in [0.2, 0.25) is 5.91 Å². The van der Waals surface area contributed by atoms with Crippen molar-refractivity contribution in [2.45, 2.75) is 24.8 Å². The third-order valence-electron chi connectivity index (χ3n) is 5.38. The third kappa shape index (κ3) is 3.44. The Bertz CT molecular complexity index is 1380. The summed E-state index contributed by atoms with van der Waals surface area (Å²) in [5.41, 5.74) is 2.09. The van der Waals surface area contributed by atoms with Gasteiger partial charge in [-0.1, -0.05) is 23.9 Å². The molecule has 0 bridgehead atoms. The first kappa shape index (κ1) is 19.6. The molecule has 7 nitrogen and oxygen atoms in total. The van der Waals surface area contributed by atoms with Crippen molar-refractivity contribution >= 4 is 39.6 Å². The summed E-state index contributed by atoms with van der Waals surface area (Å²) in [6.07, 6.45) is 0. The van der Waals surface area contributed by atoms with Crippen molar-refractivity contribution in [1.82, 2.24) is 19.4 Å². The Kier molecular flexibility index (Phi) is 4.90. The zero-order valence-corrected chi connectivity index (χ0v) is 17.5. The topological polar surface area (TPSA) is 78.2 Å². The summed E-state index contributed by atoms with van der Waals surface area (Å²) in [6.45, 7) is 0.852. The predicted octanol–water partition coefficient (Wildman–Crippen LogP) is 2.92. The highest BCUT2D eigenvalue weighted by Gasteiger charge is 2.23. The number of aromatic nitrogens is 3. The lowest BCUT2D eigenvalue weighted by Gasteiger charge is -2.10. The number of rotatable bonds is 5. The van der Waals surface area contributed by atoms with Crippen molar-refractivity contribution in [2.24, 2.45) is 0 Å². The monoisotopic (exact) mass is 438 g/mol. The lowest BCUT2D eigenvalue weighted by Crippen LogP contribution is -2.29. The van der Waals surface area contributed by atoms with Crippen molar-refractivity contribution in [3.63, 3.8) is 0 Å². The lowest BCUT2D eigenvalue weighted by molar-refractivity contribution is -0.121. The van der Waals surface area contributed by atoms with Crippen LogP contribution in [0.2, 0.25) is 0 Å². The minimum atomic E-state index is -0.412. The molecule has 1 N–H and O–H groups in total. The Labute approximate surface area is 180 Å². The van der Waals surface area contributed by atoms with Crippen LogP contribution < -0.4 is 15.6 Å². The molecule has 0 aliphatic carbocycles. The highest BCUT2D eigenvalue weighted by Crippen LogP contribution is 2.30. The number of carbonyl (C=O) groups is 1. The molecule has 2 aromatic heterocycles. The SMILES string of the molecule is COc1ccc(CNC(=O)Cn2c3ccc(F)cc3c3nc4n(c(=O)c32)CCS4)cc1. The van der Waals surface area contributed by atoms with Crippen LogP contribution in [0.1, 0.15) is 5.56 Å². The number of carbonyl (C=O) groups excluding carboxylic acids is 1. The molecule has 0 unspecified atom stereocenters. The molecule has 0 saturated heterocycles. The number of nitrogens with one attached hydrogen (secondary N) is 1. The van der Waals surface area contributed by atoms with Crippen molar-refractivity contribution in [3.8, 4) is 5.75 Å². The first-order valence-electron chi connectivity index (χ1n) is 9.80. The fourth-order valence-corrected chi connectivity index (χ4v) is 4.80. The number of hydrogen-bond donors (Lipinski definition) is 1. The van der Waals surface area contributed by atoms with Crippen LogP contribution in [0.5, 0.6) is 5.75 Å². The number of benzene rings is 2. The van der Waals surface area contributed by atoms with E-state index in [1.165, 1.54) is 23.9 Å². The molecule has 0 spiro atoms. The summed E-state index contributed by atoms with van der Waals surface area (Å²) in [7, 11) is 1.60. The number of hydrogen-bond acceptors (Lipinski definition) is 5. The van der Waals surface area contributed by atoms with E-state index in [2.05, 4.69) is 10.3 Å². The van der Waals surface area contributed by atoms with E-state index < -0.39 is 5.82 Å². The molecule has 4 aromatic rings. The second kappa shape index (κ2) is 7.73. The van der Waals surface area contributed by atoms with Crippen LogP contribution in [-0.2, 0) is 24.4 Å². The molecule has 0 radical (unpaired) electrons. The second-order valence-corrected chi connectivity index (χ2v) is 8.33. The van der Waals surface area contributed by atoms with E-state index in [0.717, 1.165) is 17.1 Å². The molecular formula is C22H19FN4O3S. The van der Waals surface area contributed by atoms with E-state index in [4.69, 9.17) is 4.74 Å². The Morgan fingerprint density at radius 2 is 2.06 bits per heavy atom. The Hall–Kier alpha value is -3.33. The van der Waals surface area contributed by atoms with Gasteiger partial charge in [-0.2, -0.15) is 0 Å². The molecule has 2 aromatic carbocycles. The number of halogens is 1. The third-order valence-corrected chi connectivity index (χ3v) is 6.34.